The van der Waals surface area contributed by atoms with Crippen molar-refractivity contribution < 1.29 is 4.79 Å². The van der Waals surface area contributed by atoms with E-state index < -0.39 is 0 Å². The third kappa shape index (κ3) is 3.08. The highest BCUT2D eigenvalue weighted by Gasteiger charge is 2.19. The monoisotopic (exact) mass is 286 g/mol. The molecule has 1 aliphatic rings. The summed E-state index contributed by atoms with van der Waals surface area (Å²) >= 11 is 0. The molecule has 0 aromatic carbocycles. The molecule has 7 nitrogen and oxygen atoms in total. The molecule has 21 heavy (non-hydrogen) atoms. The van der Waals surface area contributed by atoms with E-state index >= 15 is 0 Å². The summed E-state index contributed by atoms with van der Waals surface area (Å²) in [4.78, 5) is 24.9. The quantitative estimate of drug-likeness (QED) is 0.858. The van der Waals surface area contributed by atoms with Crippen LogP contribution >= 0.6 is 0 Å². The molecule has 2 N–H and O–H groups in total. The van der Waals surface area contributed by atoms with Crippen LogP contribution in [0.1, 0.15) is 40.9 Å². The molecular formula is C14H18N6O. The number of rotatable bonds is 4. The minimum atomic E-state index is -0.231. The standard InChI is InChI=1S/C14H18N6O/c1-20-6-5-17-13(20)9-18-14(21)12-8-15-7-11(19-12)10-3-2-4-16-10/h5-8,10,16H,2-4,9H2,1H3,(H,18,21)/t10-/m0/s1. The van der Waals surface area contributed by atoms with Crippen LogP contribution in [-0.4, -0.2) is 32.0 Å². The van der Waals surface area contributed by atoms with Gasteiger partial charge in [-0.15, -0.1) is 0 Å². The lowest BCUT2D eigenvalue weighted by Crippen LogP contribution is -2.26. The molecule has 1 fully saturated rings. The highest BCUT2D eigenvalue weighted by Crippen LogP contribution is 2.20. The first-order valence-corrected chi connectivity index (χ1v) is 7.04. The molecule has 2 aromatic rings. The van der Waals surface area contributed by atoms with Gasteiger partial charge in [-0.05, 0) is 19.4 Å². The largest absolute Gasteiger partial charge is 0.343 e. The van der Waals surface area contributed by atoms with Gasteiger partial charge in [0.2, 0.25) is 0 Å². The Balaban J connectivity index is 1.67. The van der Waals surface area contributed by atoms with Gasteiger partial charge < -0.3 is 15.2 Å². The molecule has 110 valence electrons. The number of aryl methyl sites for hydroxylation is 1. The van der Waals surface area contributed by atoms with E-state index in [1.165, 1.54) is 6.20 Å². The van der Waals surface area contributed by atoms with E-state index in [1.54, 1.807) is 12.4 Å². The van der Waals surface area contributed by atoms with Crippen molar-refractivity contribution in [2.75, 3.05) is 6.54 Å². The van der Waals surface area contributed by atoms with Crippen LogP contribution in [0.15, 0.2) is 24.8 Å². The van der Waals surface area contributed by atoms with Gasteiger partial charge in [0, 0.05) is 19.4 Å². The maximum absolute atomic E-state index is 12.1. The molecule has 0 saturated carbocycles. The van der Waals surface area contributed by atoms with Crippen molar-refractivity contribution in [2.45, 2.75) is 25.4 Å². The van der Waals surface area contributed by atoms with Crippen LogP contribution in [0.4, 0.5) is 0 Å². The van der Waals surface area contributed by atoms with Gasteiger partial charge in [-0.3, -0.25) is 9.78 Å². The second kappa shape index (κ2) is 6.01. The van der Waals surface area contributed by atoms with Crippen LogP contribution in [0.2, 0.25) is 0 Å². The normalized spacial score (nSPS) is 17.9. The Kier molecular flexibility index (Phi) is 3.92. The van der Waals surface area contributed by atoms with Crippen LogP contribution in [0.3, 0.4) is 0 Å². The Morgan fingerprint density at radius 2 is 2.43 bits per heavy atom. The van der Waals surface area contributed by atoms with Crippen molar-refractivity contribution >= 4 is 5.91 Å². The molecule has 1 aliphatic heterocycles. The number of hydrogen-bond donors (Lipinski definition) is 2. The highest BCUT2D eigenvalue weighted by atomic mass is 16.1. The summed E-state index contributed by atoms with van der Waals surface area (Å²) in [6.07, 6.45) is 8.92. The van der Waals surface area contributed by atoms with Crippen molar-refractivity contribution in [3.63, 3.8) is 0 Å². The van der Waals surface area contributed by atoms with Gasteiger partial charge >= 0.3 is 0 Å². The average molecular weight is 286 g/mol. The number of imidazole rings is 1. The lowest BCUT2D eigenvalue weighted by Gasteiger charge is -2.10. The maximum Gasteiger partial charge on any atom is 0.271 e. The van der Waals surface area contributed by atoms with Crippen LogP contribution in [0, 0.1) is 0 Å². The number of nitrogens with zero attached hydrogens (tertiary/aromatic N) is 4. The van der Waals surface area contributed by atoms with E-state index in [-0.39, 0.29) is 11.9 Å². The summed E-state index contributed by atoms with van der Waals surface area (Å²) in [6.45, 7) is 1.36. The molecule has 0 spiro atoms. The van der Waals surface area contributed by atoms with Crippen molar-refractivity contribution in [3.05, 3.63) is 42.0 Å². The second-order valence-corrected chi connectivity index (χ2v) is 5.12. The molecule has 0 aliphatic carbocycles. The van der Waals surface area contributed by atoms with Gasteiger partial charge in [0.15, 0.2) is 0 Å². The smallest absolute Gasteiger partial charge is 0.271 e. The van der Waals surface area contributed by atoms with Gasteiger partial charge in [-0.1, -0.05) is 0 Å². The van der Waals surface area contributed by atoms with Gasteiger partial charge in [0.05, 0.1) is 30.7 Å². The molecule has 0 bridgehead atoms. The number of carbonyl (C=O) groups excluding carboxylic acids is 1. The SMILES string of the molecule is Cn1ccnc1CNC(=O)c1cncc([C@@H]2CCCN2)n1. The van der Waals surface area contributed by atoms with E-state index in [0.29, 0.717) is 12.2 Å². The van der Waals surface area contributed by atoms with Crippen LogP contribution in [0.25, 0.3) is 0 Å². The predicted molar refractivity (Wildman–Crippen MR) is 76.4 cm³/mol. The van der Waals surface area contributed by atoms with Crippen LogP contribution < -0.4 is 10.6 Å². The van der Waals surface area contributed by atoms with Crippen molar-refractivity contribution in [3.8, 4) is 0 Å². The Morgan fingerprint density at radius 1 is 1.52 bits per heavy atom. The molecular weight excluding hydrogens is 268 g/mol. The van der Waals surface area contributed by atoms with E-state index in [4.69, 9.17) is 0 Å². The van der Waals surface area contributed by atoms with Gasteiger partial charge in [-0.25, -0.2) is 9.97 Å². The Labute approximate surface area is 122 Å². The Morgan fingerprint density at radius 3 is 3.14 bits per heavy atom. The first kappa shape index (κ1) is 13.7. The first-order valence-electron chi connectivity index (χ1n) is 7.04. The number of aromatic nitrogens is 4. The van der Waals surface area contributed by atoms with E-state index in [2.05, 4.69) is 25.6 Å². The lowest BCUT2D eigenvalue weighted by atomic mass is 10.1. The second-order valence-electron chi connectivity index (χ2n) is 5.12. The zero-order chi connectivity index (χ0) is 14.7. The zero-order valence-corrected chi connectivity index (χ0v) is 11.9. The highest BCUT2D eigenvalue weighted by molar-refractivity contribution is 5.91. The lowest BCUT2D eigenvalue weighted by molar-refractivity contribution is 0.0944. The first-order chi connectivity index (χ1) is 10.2. The van der Waals surface area contributed by atoms with E-state index in [1.807, 2.05) is 17.8 Å². The van der Waals surface area contributed by atoms with E-state index in [9.17, 15) is 4.79 Å². The topological polar surface area (TPSA) is 84.7 Å². The molecule has 1 atom stereocenters. The summed E-state index contributed by atoms with van der Waals surface area (Å²) in [5, 5.41) is 6.17. The summed E-state index contributed by atoms with van der Waals surface area (Å²) in [6, 6.07) is 0.208. The van der Waals surface area contributed by atoms with Crippen LogP contribution in [-0.2, 0) is 13.6 Å². The number of hydrogen-bond acceptors (Lipinski definition) is 5. The molecule has 0 radical (unpaired) electrons. The summed E-state index contributed by atoms with van der Waals surface area (Å²) in [5.41, 5.74) is 1.17. The third-order valence-electron chi connectivity index (χ3n) is 3.63. The third-order valence-corrected chi connectivity index (χ3v) is 3.63. The van der Waals surface area contributed by atoms with Gasteiger partial charge in [-0.2, -0.15) is 0 Å². The van der Waals surface area contributed by atoms with Gasteiger partial charge in [0.1, 0.15) is 11.5 Å². The predicted octanol–water partition coefficient (Wildman–Crippen LogP) is 0.565. The number of nitrogens with one attached hydrogen (secondary N) is 2. The van der Waals surface area contributed by atoms with Gasteiger partial charge in [0.25, 0.3) is 5.91 Å². The van der Waals surface area contributed by atoms with Crippen LogP contribution in [0.5, 0.6) is 0 Å². The summed E-state index contributed by atoms with van der Waals surface area (Å²) < 4.78 is 1.87. The molecule has 1 saturated heterocycles. The van der Waals surface area contributed by atoms with Crippen molar-refractivity contribution in [1.82, 2.24) is 30.2 Å². The fourth-order valence-corrected chi connectivity index (χ4v) is 2.41. The molecule has 7 heteroatoms. The molecule has 2 aromatic heterocycles. The molecule has 3 heterocycles. The Bertz CT molecular complexity index is 632. The fraction of sp³-hybridized carbons (Fsp3) is 0.429. The number of amides is 1. The minimum Gasteiger partial charge on any atom is -0.343 e. The molecule has 0 unspecified atom stereocenters. The molecule has 3 rings (SSSR count). The maximum atomic E-state index is 12.1. The number of carbonyl (C=O) groups is 1. The summed E-state index contributed by atoms with van der Waals surface area (Å²) in [5.74, 6) is 0.565. The van der Waals surface area contributed by atoms with E-state index in [0.717, 1.165) is 30.9 Å². The zero-order valence-electron chi connectivity index (χ0n) is 11.9. The fourth-order valence-electron chi connectivity index (χ4n) is 2.41. The summed E-state index contributed by atoms with van der Waals surface area (Å²) in [7, 11) is 1.89. The van der Waals surface area contributed by atoms with Crippen molar-refractivity contribution in [1.29, 1.82) is 0 Å². The molecule has 1 amide bonds. The Hall–Kier alpha value is -2.28. The minimum absolute atomic E-state index is 0.208. The van der Waals surface area contributed by atoms with Crippen molar-refractivity contribution in [2.24, 2.45) is 7.05 Å². The average Bonchev–Trinajstić information content (AvgIpc) is 3.16.